The quantitative estimate of drug-likeness (QED) is 0.722. The lowest BCUT2D eigenvalue weighted by molar-refractivity contribution is -0.131. The van der Waals surface area contributed by atoms with E-state index < -0.39 is 0 Å². The number of likely N-dealkylation sites (tertiary alicyclic amines) is 1. The highest BCUT2D eigenvalue weighted by Gasteiger charge is 2.33. The van der Waals surface area contributed by atoms with E-state index >= 15 is 0 Å². The van der Waals surface area contributed by atoms with Crippen molar-refractivity contribution in [3.05, 3.63) is 0 Å². The Morgan fingerprint density at radius 3 is 2.33 bits per heavy atom. The number of nitrogens with zero attached hydrogens (tertiary/aromatic N) is 1. The zero-order chi connectivity index (χ0) is 13.6. The van der Waals surface area contributed by atoms with Crippen LogP contribution in [0.4, 0.5) is 0 Å². The van der Waals surface area contributed by atoms with Gasteiger partial charge >= 0.3 is 0 Å². The van der Waals surface area contributed by atoms with Crippen LogP contribution in [0.2, 0.25) is 0 Å². The van der Waals surface area contributed by atoms with E-state index in [9.17, 15) is 4.79 Å². The zero-order valence-corrected chi connectivity index (χ0v) is 12.2. The van der Waals surface area contributed by atoms with Crippen LogP contribution in [0.25, 0.3) is 0 Å². The first-order valence-corrected chi connectivity index (χ1v) is 7.32. The molecule has 1 rings (SSSR count). The lowest BCUT2D eigenvalue weighted by Crippen LogP contribution is -2.49. The van der Waals surface area contributed by atoms with Gasteiger partial charge in [-0.25, -0.2) is 0 Å². The van der Waals surface area contributed by atoms with E-state index in [0.29, 0.717) is 12.6 Å². The van der Waals surface area contributed by atoms with Gasteiger partial charge in [0.15, 0.2) is 0 Å². The Morgan fingerprint density at radius 1 is 1.33 bits per heavy atom. The van der Waals surface area contributed by atoms with Gasteiger partial charge in [0, 0.05) is 19.1 Å². The van der Waals surface area contributed by atoms with Gasteiger partial charge in [-0.2, -0.15) is 0 Å². The minimum atomic E-state index is -0.370. The summed E-state index contributed by atoms with van der Waals surface area (Å²) >= 11 is 0. The summed E-state index contributed by atoms with van der Waals surface area (Å²) < 4.78 is 0. The first kappa shape index (κ1) is 15.4. The fourth-order valence-electron chi connectivity index (χ4n) is 2.69. The van der Waals surface area contributed by atoms with E-state index in [4.69, 9.17) is 5.73 Å². The molecule has 1 fully saturated rings. The normalized spacial score (nSPS) is 18.9. The summed E-state index contributed by atoms with van der Waals surface area (Å²) in [7, 11) is 0. The van der Waals surface area contributed by atoms with Crippen molar-refractivity contribution in [2.75, 3.05) is 26.2 Å². The van der Waals surface area contributed by atoms with Crippen LogP contribution in [-0.4, -0.2) is 43.0 Å². The van der Waals surface area contributed by atoms with Crippen LogP contribution >= 0.6 is 0 Å². The lowest BCUT2D eigenvalue weighted by atomic mass is 9.81. The van der Waals surface area contributed by atoms with Crippen LogP contribution in [0.3, 0.4) is 0 Å². The Hall–Kier alpha value is -0.610. The van der Waals surface area contributed by atoms with Crippen LogP contribution in [0.15, 0.2) is 0 Å². The van der Waals surface area contributed by atoms with E-state index in [2.05, 4.69) is 17.1 Å². The first-order chi connectivity index (χ1) is 8.59. The summed E-state index contributed by atoms with van der Waals surface area (Å²) in [5.74, 6) is 0.126. The third-order valence-electron chi connectivity index (χ3n) is 4.55. The molecule has 0 spiro atoms. The van der Waals surface area contributed by atoms with E-state index in [0.717, 1.165) is 19.4 Å². The van der Waals surface area contributed by atoms with Crippen molar-refractivity contribution in [2.24, 2.45) is 11.1 Å². The fraction of sp³-hybridized carbons (Fsp3) is 0.929. The van der Waals surface area contributed by atoms with Crippen LogP contribution in [0.5, 0.6) is 0 Å². The summed E-state index contributed by atoms with van der Waals surface area (Å²) in [6.07, 6.45) is 4.19. The number of nitrogens with one attached hydrogen (secondary N) is 1. The molecule has 0 radical (unpaired) electrons. The van der Waals surface area contributed by atoms with E-state index in [-0.39, 0.29) is 11.3 Å². The topological polar surface area (TPSA) is 58.4 Å². The second-order valence-electron chi connectivity index (χ2n) is 5.49. The monoisotopic (exact) mass is 255 g/mol. The molecule has 1 heterocycles. The molecule has 1 saturated heterocycles. The number of rotatable bonds is 7. The minimum Gasteiger partial charge on any atom is -0.354 e. The SMILES string of the molecule is CCC(CC)(CN)C(=O)NCC(C)N1CCCC1. The van der Waals surface area contributed by atoms with Gasteiger partial charge in [0.1, 0.15) is 0 Å². The summed E-state index contributed by atoms with van der Waals surface area (Å²) in [5.41, 5.74) is 5.42. The van der Waals surface area contributed by atoms with Gasteiger partial charge in [-0.15, -0.1) is 0 Å². The Bertz CT molecular complexity index is 250. The predicted molar refractivity (Wildman–Crippen MR) is 75.3 cm³/mol. The molecule has 18 heavy (non-hydrogen) atoms. The van der Waals surface area contributed by atoms with Crippen molar-refractivity contribution >= 4 is 5.91 Å². The predicted octanol–water partition coefficient (Wildman–Crippen LogP) is 1.35. The molecule has 1 amide bonds. The van der Waals surface area contributed by atoms with Gasteiger partial charge in [0.25, 0.3) is 0 Å². The van der Waals surface area contributed by atoms with Gasteiger partial charge in [0.05, 0.1) is 5.41 Å². The maximum atomic E-state index is 12.3. The Morgan fingerprint density at radius 2 is 1.89 bits per heavy atom. The van der Waals surface area contributed by atoms with Crippen LogP contribution in [0.1, 0.15) is 46.5 Å². The van der Waals surface area contributed by atoms with Crippen LogP contribution in [-0.2, 0) is 4.79 Å². The van der Waals surface area contributed by atoms with Gasteiger partial charge < -0.3 is 11.1 Å². The molecule has 0 aliphatic carbocycles. The molecule has 106 valence electrons. The standard InChI is InChI=1S/C14H29N3O/c1-4-14(5-2,11-15)13(18)16-10-12(3)17-8-6-7-9-17/h12H,4-11,15H2,1-3H3,(H,16,18). The Balaban J connectivity index is 2.43. The van der Waals surface area contributed by atoms with Crippen molar-refractivity contribution in [2.45, 2.75) is 52.5 Å². The van der Waals surface area contributed by atoms with Crippen LogP contribution in [0, 0.1) is 5.41 Å². The second-order valence-corrected chi connectivity index (χ2v) is 5.49. The second kappa shape index (κ2) is 7.10. The van der Waals surface area contributed by atoms with E-state index in [1.807, 2.05) is 13.8 Å². The number of nitrogens with two attached hydrogens (primary N) is 1. The number of carbonyl (C=O) groups is 1. The number of amides is 1. The molecule has 4 heteroatoms. The van der Waals surface area contributed by atoms with E-state index in [1.165, 1.54) is 25.9 Å². The highest BCUT2D eigenvalue weighted by atomic mass is 16.2. The molecular formula is C14H29N3O. The van der Waals surface area contributed by atoms with Gasteiger partial charge in [-0.05, 0) is 45.7 Å². The molecule has 1 aliphatic rings. The van der Waals surface area contributed by atoms with Crippen molar-refractivity contribution in [3.63, 3.8) is 0 Å². The fourth-order valence-corrected chi connectivity index (χ4v) is 2.69. The van der Waals surface area contributed by atoms with Crippen molar-refractivity contribution < 1.29 is 4.79 Å². The van der Waals surface area contributed by atoms with Crippen molar-refractivity contribution in [1.29, 1.82) is 0 Å². The maximum Gasteiger partial charge on any atom is 0.227 e. The van der Waals surface area contributed by atoms with Gasteiger partial charge in [0.2, 0.25) is 5.91 Å². The third-order valence-corrected chi connectivity index (χ3v) is 4.55. The summed E-state index contributed by atoms with van der Waals surface area (Å²) in [6, 6.07) is 0.431. The number of hydrogen-bond acceptors (Lipinski definition) is 3. The molecular weight excluding hydrogens is 226 g/mol. The molecule has 0 bridgehead atoms. The average molecular weight is 255 g/mol. The largest absolute Gasteiger partial charge is 0.354 e. The zero-order valence-electron chi connectivity index (χ0n) is 12.2. The van der Waals surface area contributed by atoms with Gasteiger partial charge in [-0.3, -0.25) is 9.69 Å². The Kier molecular flexibility index (Phi) is 6.09. The molecule has 0 aromatic carbocycles. The summed E-state index contributed by atoms with van der Waals surface area (Å²) in [6.45, 7) is 9.78. The lowest BCUT2D eigenvalue weighted by Gasteiger charge is -2.30. The third kappa shape index (κ3) is 3.45. The molecule has 0 aromatic heterocycles. The summed E-state index contributed by atoms with van der Waals surface area (Å²) in [4.78, 5) is 14.7. The number of carbonyl (C=O) groups excluding carboxylic acids is 1. The highest BCUT2D eigenvalue weighted by molar-refractivity contribution is 5.82. The minimum absolute atomic E-state index is 0.126. The maximum absolute atomic E-state index is 12.3. The molecule has 1 atom stereocenters. The molecule has 0 saturated carbocycles. The highest BCUT2D eigenvalue weighted by Crippen LogP contribution is 2.25. The molecule has 1 unspecified atom stereocenters. The number of hydrogen-bond donors (Lipinski definition) is 2. The van der Waals surface area contributed by atoms with Crippen LogP contribution < -0.4 is 11.1 Å². The smallest absolute Gasteiger partial charge is 0.227 e. The van der Waals surface area contributed by atoms with Crippen molar-refractivity contribution in [1.82, 2.24) is 10.2 Å². The molecule has 3 N–H and O–H groups in total. The Labute approximate surface area is 111 Å². The summed E-state index contributed by atoms with van der Waals surface area (Å²) in [5, 5.41) is 3.09. The first-order valence-electron chi connectivity index (χ1n) is 7.32. The average Bonchev–Trinajstić information content (AvgIpc) is 2.92. The van der Waals surface area contributed by atoms with Crippen molar-refractivity contribution in [3.8, 4) is 0 Å². The molecule has 1 aliphatic heterocycles. The molecule has 0 aromatic rings. The molecule has 4 nitrogen and oxygen atoms in total. The van der Waals surface area contributed by atoms with E-state index in [1.54, 1.807) is 0 Å². The van der Waals surface area contributed by atoms with Gasteiger partial charge in [-0.1, -0.05) is 13.8 Å².